The van der Waals surface area contributed by atoms with Crippen molar-refractivity contribution in [3.8, 4) is 0 Å². The highest BCUT2D eigenvalue weighted by atomic mass is 16.1. The number of Topliss-reactive ketones (excluding diaryl/α,β-unsaturated/α-hetero) is 1. The largest absolute Gasteiger partial charge is 0.372 e. The number of rotatable bonds is 7. The maximum absolute atomic E-state index is 11.8. The quantitative estimate of drug-likeness (QED) is 0.666. The van der Waals surface area contributed by atoms with Gasteiger partial charge < -0.3 is 4.90 Å². The van der Waals surface area contributed by atoms with Gasteiger partial charge in [0.15, 0.2) is 5.78 Å². The van der Waals surface area contributed by atoms with Crippen LogP contribution in [-0.2, 0) is 0 Å². The lowest BCUT2D eigenvalue weighted by molar-refractivity contribution is 0.0980. The van der Waals surface area contributed by atoms with Crippen molar-refractivity contribution in [3.05, 3.63) is 29.8 Å². The highest BCUT2D eigenvalue weighted by Gasteiger charge is 2.06. The molecule has 1 rings (SSSR count). The summed E-state index contributed by atoms with van der Waals surface area (Å²) in [6.45, 7) is 8.39. The molecule has 2 heteroatoms. The van der Waals surface area contributed by atoms with Gasteiger partial charge >= 0.3 is 0 Å². The second-order valence-corrected chi connectivity index (χ2v) is 4.25. The fourth-order valence-electron chi connectivity index (χ4n) is 1.93. The van der Waals surface area contributed by atoms with E-state index in [1.54, 1.807) is 0 Å². The van der Waals surface area contributed by atoms with Gasteiger partial charge in [0, 0.05) is 30.8 Å². The van der Waals surface area contributed by atoms with E-state index in [-0.39, 0.29) is 5.78 Å². The Morgan fingerprint density at radius 3 is 2.12 bits per heavy atom. The monoisotopic (exact) mass is 233 g/mol. The summed E-state index contributed by atoms with van der Waals surface area (Å²) < 4.78 is 0. The van der Waals surface area contributed by atoms with Crippen LogP contribution in [0.4, 0.5) is 5.69 Å². The zero-order chi connectivity index (χ0) is 12.7. The summed E-state index contributed by atoms with van der Waals surface area (Å²) in [6, 6.07) is 8.00. The third-order valence-electron chi connectivity index (χ3n) is 3.08. The number of ketones is 1. The van der Waals surface area contributed by atoms with Crippen LogP contribution in [0.2, 0.25) is 0 Å². The molecule has 0 spiro atoms. The maximum atomic E-state index is 11.8. The van der Waals surface area contributed by atoms with Crippen LogP contribution in [0.3, 0.4) is 0 Å². The molecule has 0 aliphatic carbocycles. The number of anilines is 1. The van der Waals surface area contributed by atoms with Gasteiger partial charge in [0.25, 0.3) is 0 Å². The summed E-state index contributed by atoms with van der Waals surface area (Å²) in [6.07, 6.45) is 2.72. The van der Waals surface area contributed by atoms with Crippen LogP contribution in [0, 0.1) is 0 Å². The maximum Gasteiger partial charge on any atom is 0.162 e. The highest BCUT2D eigenvalue weighted by Crippen LogP contribution is 2.16. The van der Waals surface area contributed by atoms with Crippen LogP contribution < -0.4 is 4.90 Å². The Morgan fingerprint density at radius 2 is 1.65 bits per heavy atom. The van der Waals surface area contributed by atoms with Gasteiger partial charge in [-0.1, -0.05) is 13.3 Å². The first-order chi connectivity index (χ1) is 8.22. The van der Waals surface area contributed by atoms with Crippen molar-refractivity contribution in [1.29, 1.82) is 0 Å². The molecule has 1 aromatic rings. The molecular weight excluding hydrogens is 210 g/mol. The van der Waals surface area contributed by atoms with Crippen LogP contribution in [-0.4, -0.2) is 18.9 Å². The van der Waals surface area contributed by atoms with Crippen LogP contribution >= 0.6 is 0 Å². The average Bonchev–Trinajstić information content (AvgIpc) is 2.38. The third kappa shape index (κ3) is 3.88. The van der Waals surface area contributed by atoms with Crippen LogP contribution in [0.5, 0.6) is 0 Å². The lowest BCUT2D eigenvalue weighted by Crippen LogP contribution is -2.21. The van der Waals surface area contributed by atoms with Gasteiger partial charge in [0.1, 0.15) is 0 Å². The summed E-state index contributed by atoms with van der Waals surface area (Å²) >= 11 is 0. The van der Waals surface area contributed by atoms with Gasteiger partial charge in [0.05, 0.1) is 0 Å². The van der Waals surface area contributed by atoms with E-state index in [9.17, 15) is 4.79 Å². The molecule has 0 saturated carbocycles. The molecule has 17 heavy (non-hydrogen) atoms. The number of hydrogen-bond donors (Lipinski definition) is 0. The predicted molar refractivity (Wildman–Crippen MR) is 73.9 cm³/mol. The van der Waals surface area contributed by atoms with Gasteiger partial charge in [0.2, 0.25) is 0 Å². The number of benzene rings is 1. The van der Waals surface area contributed by atoms with Gasteiger partial charge in [-0.25, -0.2) is 0 Å². The Balaban J connectivity index is 2.70. The molecule has 0 atom stereocenters. The minimum atomic E-state index is 0.262. The number of unbranched alkanes of at least 4 members (excludes halogenated alkanes) is 1. The minimum absolute atomic E-state index is 0.262. The molecule has 0 radical (unpaired) electrons. The van der Waals surface area contributed by atoms with E-state index in [0.29, 0.717) is 6.42 Å². The predicted octanol–water partition coefficient (Wildman–Crippen LogP) is 3.91. The molecule has 0 aromatic heterocycles. The molecular formula is C15H23NO. The molecule has 0 fully saturated rings. The molecule has 0 unspecified atom stereocenters. The van der Waals surface area contributed by atoms with Crippen LogP contribution in [0.25, 0.3) is 0 Å². The highest BCUT2D eigenvalue weighted by molar-refractivity contribution is 5.96. The fourth-order valence-corrected chi connectivity index (χ4v) is 1.93. The van der Waals surface area contributed by atoms with Gasteiger partial charge in [-0.05, 0) is 44.5 Å². The van der Waals surface area contributed by atoms with Crippen molar-refractivity contribution < 1.29 is 4.79 Å². The summed E-state index contributed by atoms with van der Waals surface area (Å²) in [5, 5.41) is 0. The number of carbonyl (C=O) groups is 1. The van der Waals surface area contributed by atoms with Crippen molar-refractivity contribution in [2.24, 2.45) is 0 Å². The minimum Gasteiger partial charge on any atom is -0.372 e. The van der Waals surface area contributed by atoms with Gasteiger partial charge in [-0.15, -0.1) is 0 Å². The van der Waals surface area contributed by atoms with E-state index >= 15 is 0 Å². The van der Waals surface area contributed by atoms with Crippen molar-refractivity contribution in [3.63, 3.8) is 0 Å². The number of nitrogens with zero attached hydrogens (tertiary/aromatic N) is 1. The fraction of sp³-hybridized carbons (Fsp3) is 0.533. The lowest BCUT2D eigenvalue weighted by Gasteiger charge is -2.21. The molecule has 0 saturated heterocycles. The zero-order valence-corrected chi connectivity index (χ0v) is 11.2. The molecule has 2 nitrogen and oxygen atoms in total. The first kappa shape index (κ1) is 13.8. The standard InChI is InChI=1S/C15H23NO/c1-4-7-8-15(17)13-9-11-14(12-10-13)16(5-2)6-3/h9-12H,4-8H2,1-3H3. The summed E-state index contributed by atoms with van der Waals surface area (Å²) in [7, 11) is 0. The average molecular weight is 233 g/mol. The Hall–Kier alpha value is -1.31. The summed E-state index contributed by atoms with van der Waals surface area (Å²) in [4.78, 5) is 14.1. The topological polar surface area (TPSA) is 20.3 Å². The van der Waals surface area contributed by atoms with Gasteiger partial charge in [-0.3, -0.25) is 4.79 Å². The van der Waals surface area contributed by atoms with Crippen molar-refractivity contribution in [1.82, 2.24) is 0 Å². The smallest absolute Gasteiger partial charge is 0.162 e. The Labute approximate surface area is 105 Å². The normalized spacial score (nSPS) is 10.3. The molecule has 0 amide bonds. The first-order valence-corrected chi connectivity index (χ1v) is 6.61. The molecule has 94 valence electrons. The molecule has 0 bridgehead atoms. The molecule has 0 aliphatic rings. The SMILES string of the molecule is CCCCC(=O)c1ccc(N(CC)CC)cc1. The van der Waals surface area contributed by atoms with E-state index in [2.05, 4.69) is 25.7 Å². The Bertz CT molecular complexity index is 338. The lowest BCUT2D eigenvalue weighted by atomic mass is 10.1. The second kappa shape index (κ2) is 7.10. The van der Waals surface area contributed by atoms with E-state index in [1.807, 2.05) is 24.3 Å². The van der Waals surface area contributed by atoms with Crippen molar-refractivity contribution >= 4 is 11.5 Å². The Kier molecular flexibility index (Phi) is 5.75. The number of hydrogen-bond acceptors (Lipinski definition) is 2. The van der Waals surface area contributed by atoms with Crippen molar-refractivity contribution in [2.45, 2.75) is 40.0 Å². The van der Waals surface area contributed by atoms with E-state index in [4.69, 9.17) is 0 Å². The first-order valence-electron chi connectivity index (χ1n) is 6.61. The van der Waals surface area contributed by atoms with Crippen molar-refractivity contribution in [2.75, 3.05) is 18.0 Å². The summed E-state index contributed by atoms with van der Waals surface area (Å²) in [5.41, 5.74) is 2.04. The second-order valence-electron chi connectivity index (χ2n) is 4.25. The zero-order valence-electron chi connectivity index (χ0n) is 11.2. The van der Waals surface area contributed by atoms with Gasteiger partial charge in [-0.2, -0.15) is 0 Å². The Morgan fingerprint density at radius 1 is 1.06 bits per heavy atom. The van der Waals surface area contributed by atoms with Crippen LogP contribution in [0.1, 0.15) is 50.4 Å². The van der Waals surface area contributed by atoms with E-state index in [0.717, 1.165) is 31.5 Å². The molecule has 1 aromatic carbocycles. The molecule has 0 N–H and O–H groups in total. The van der Waals surface area contributed by atoms with E-state index < -0.39 is 0 Å². The third-order valence-corrected chi connectivity index (χ3v) is 3.08. The van der Waals surface area contributed by atoms with E-state index in [1.165, 1.54) is 5.69 Å². The molecule has 0 aliphatic heterocycles. The number of carbonyl (C=O) groups excluding carboxylic acids is 1. The van der Waals surface area contributed by atoms with Crippen LogP contribution in [0.15, 0.2) is 24.3 Å². The summed E-state index contributed by atoms with van der Waals surface area (Å²) in [5.74, 6) is 0.262. The molecule has 0 heterocycles.